The quantitative estimate of drug-likeness (QED) is 0.315. The zero-order valence-electron chi connectivity index (χ0n) is 9.49. The first-order valence-corrected chi connectivity index (χ1v) is 5.20. The molecule has 5 nitrogen and oxygen atoms in total. The van der Waals surface area contributed by atoms with E-state index in [1.54, 1.807) is 0 Å². The van der Waals surface area contributed by atoms with E-state index in [1.165, 1.54) is 12.1 Å². The first-order chi connectivity index (χ1) is 8.54. The van der Waals surface area contributed by atoms with E-state index < -0.39 is 17.5 Å². The molecule has 0 aliphatic carbocycles. The highest BCUT2D eigenvalue weighted by molar-refractivity contribution is 5.82. The Morgan fingerprint density at radius 1 is 1.44 bits per heavy atom. The molecule has 0 atom stereocenters. The zero-order chi connectivity index (χ0) is 13.5. The summed E-state index contributed by atoms with van der Waals surface area (Å²) >= 11 is 0. The van der Waals surface area contributed by atoms with Gasteiger partial charge >= 0.3 is 0 Å². The molecular weight excluding hydrogens is 244 g/mol. The SMILES string of the molecule is NC(CCNC(=O)Cc1cccc(F)c1F)=NO. The van der Waals surface area contributed by atoms with Gasteiger partial charge in [0.2, 0.25) is 5.91 Å². The number of carbonyl (C=O) groups excluding carboxylic acids is 1. The molecule has 1 amide bonds. The topological polar surface area (TPSA) is 87.7 Å². The maximum absolute atomic E-state index is 13.2. The minimum atomic E-state index is -1.02. The Labute approximate surface area is 102 Å². The summed E-state index contributed by atoms with van der Waals surface area (Å²) in [6, 6.07) is 3.65. The fourth-order valence-corrected chi connectivity index (χ4v) is 1.30. The van der Waals surface area contributed by atoms with Gasteiger partial charge in [-0.25, -0.2) is 8.78 Å². The van der Waals surface area contributed by atoms with Crippen molar-refractivity contribution in [2.24, 2.45) is 10.9 Å². The van der Waals surface area contributed by atoms with Crippen molar-refractivity contribution in [1.82, 2.24) is 5.32 Å². The Bertz CT molecular complexity index is 464. The summed E-state index contributed by atoms with van der Waals surface area (Å²) in [5.74, 6) is -2.50. The summed E-state index contributed by atoms with van der Waals surface area (Å²) in [6.07, 6.45) is -0.0896. The van der Waals surface area contributed by atoms with Crippen LogP contribution in [0.5, 0.6) is 0 Å². The molecule has 0 radical (unpaired) electrons. The number of amidine groups is 1. The maximum atomic E-state index is 13.2. The molecule has 0 spiro atoms. The number of nitrogens with one attached hydrogen (secondary N) is 1. The summed E-state index contributed by atoms with van der Waals surface area (Å²) in [5.41, 5.74) is 5.18. The minimum Gasteiger partial charge on any atom is -0.409 e. The van der Waals surface area contributed by atoms with Gasteiger partial charge in [0.1, 0.15) is 5.84 Å². The molecule has 0 aromatic heterocycles. The van der Waals surface area contributed by atoms with Crippen molar-refractivity contribution in [3.63, 3.8) is 0 Å². The molecule has 0 saturated heterocycles. The number of nitrogens with two attached hydrogens (primary N) is 1. The second kappa shape index (κ2) is 6.53. The Morgan fingerprint density at radius 3 is 2.83 bits per heavy atom. The number of hydrogen-bond donors (Lipinski definition) is 3. The molecule has 98 valence electrons. The number of nitrogens with zero attached hydrogens (tertiary/aromatic N) is 1. The average Bonchev–Trinajstić information content (AvgIpc) is 2.34. The maximum Gasteiger partial charge on any atom is 0.224 e. The van der Waals surface area contributed by atoms with Crippen molar-refractivity contribution in [2.45, 2.75) is 12.8 Å². The fourth-order valence-electron chi connectivity index (χ4n) is 1.30. The second-order valence-electron chi connectivity index (χ2n) is 3.58. The molecule has 1 rings (SSSR count). The van der Waals surface area contributed by atoms with Crippen LogP contribution in [0.1, 0.15) is 12.0 Å². The van der Waals surface area contributed by atoms with Crippen LogP contribution in [-0.4, -0.2) is 23.5 Å². The molecule has 0 aliphatic rings. The highest BCUT2D eigenvalue weighted by atomic mass is 19.2. The van der Waals surface area contributed by atoms with Crippen molar-refractivity contribution >= 4 is 11.7 Å². The molecular formula is C11H13F2N3O2. The van der Waals surface area contributed by atoms with E-state index in [9.17, 15) is 13.6 Å². The van der Waals surface area contributed by atoms with Crippen molar-refractivity contribution < 1.29 is 18.8 Å². The van der Waals surface area contributed by atoms with Crippen molar-refractivity contribution in [2.75, 3.05) is 6.54 Å². The molecule has 0 unspecified atom stereocenters. The van der Waals surface area contributed by atoms with Gasteiger partial charge in [-0.1, -0.05) is 17.3 Å². The molecule has 0 fully saturated rings. The van der Waals surface area contributed by atoms with Crippen LogP contribution in [0, 0.1) is 11.6 Å². The number of carbonyl (C=O) groups is 1. The Hall–Kier alpha value is -2.18. The van der Waals surface area contributed by atoms with Crippen LogP contribution in [0.3, 0.4) is 0 Å². The zero-order valence-corrected chi connectivity index (χ0v) is 9.49. The monoisotopic (exact) mass is 257 g/mol. The van der Waals surface area contributed by atoms with E-state index in [-0.39, 0.29) is 30.8 Å². The number of halogens is 2. The van der Waals surface area contributed by atoms with Crippen LogP contribution in [-0.2, 0) is 11.2 Å². The lowest BCUT2D eigenvalue weighted by atomic mass is 10.1. The van der Waals surface area contributed by atoms with Gasteiger partial charge in [-0.15, -0.1) is 0 Å². The molecule has 7 heteroatoms. The standard InChI is InChI=1S/C11H13F2N3O2/c12-8-3-1-2-7(11(8)13)6-10(17)15-5-4-9(14)16-18/h1-3,18H,4-6H2,(H2,14,16)(H,15,17). The normalized spacial score (nSPS) is 11.3. The minimum absolute atomic E-state index is 0.0173. The van der Waals surface area contributed by atoms with E-state index >= 15 is 0 Å². The van der Waals surface area contributed by atoms with Crippen LogP contribution in [0.15, 0.2) is 23.4 Å². The Kier molecular flexibility index (Phi) is 5.04. The molecule has 0 heterocycles. The number of oxime groups is 1. The van der Waals surface area contributed by atoms with Crippen LogP contribution in [0.25, 0.3) is 0 Å². The number of benzene rings is 1. The summed E-state index contributed by atoms with van der Waals surface area (Å²) in [5, 5.41) is 13.4. The highest BCUT2D eigenvalue weighted by Crippen LogP contribution is 2.11. The lowest BCUT2D eigenvalue weighted by molar-refractivity contribution is -0.120. The molecule has 1 aromatic rings. The number of hydrogen-bond acceptors (Lipinski definition) is 3. The molecule has 18 heavy (non-hydrogen) atoms. The Balaban J connectivity index is 2.47. The van der Waals surface area contributed by atoms with Gasteiger partial charge in [0.15, 0.2) is 11.6 Å². The predicted molar refractivity (Wildman–Crippen MR) is 61.1 cm³/mol. The summed E-state index contributed by atoms with van der Waals surface area (Å²) in [6.45, 7) is 0.158. The lowest BCUT2D eigenvalue weighted by Gasteiger charge is -2.05. The average molecular weight is 257 g/mol. The number of rotatable bonds is 5. The predicted octanol–water partition coefficient (Wildman–Crippen LogP) is 0.760. The van der Waals surface area contributed by atoms with E-state index in [4.69, 9.17) is 10.9 Å². The van der Waals surface area contributed by atoms with E-state index in [1.807, 2.05) is 0 Å². The smallest absolute Gasteiger partial charge is 0.224 e. The van der Waals surface area contributed by atoms with Crippen LogP contribution < -0.4 is 11.1 Å². The third-order valence-corrected chi connectivity index (χ3v) is 2.21. The van der Waals surface area contributed by atoms with Gasteiger partial charge in [0.05, 0.1) is 6.42 Å². The van der Waals surface area contributed by atoms with Crippen molar-refractivity contribution in [1.29, 1.82) is 0 Å². The number of amides is 1. The van der Waals surface area contributed by atoms with Gasteiger partial charge in [0, 0.05) is 18.5 Å². The van der Waals surface area contributed by atoms with Gasteiger partial charge in [0.25, 0.3) is 0 Å². The summed E-state index contributed by atoms with van der Waals surface area (Å²) in [7, 11) is 0. The largest absolute Gasteiger partial charge is 0.409 e. The summed E-state index contributed by atoms with van der Waals surface area (Å²) < 4.78 is 26.1. The molecule has 0 bridgehead atoms. The van der Waals surface area contributed by atoms with Crippen LogP contribution >= 0.6 is 0 Å². The third-order valence-electron chi connectivity index (χ3n) is 2.21. The summed E-state index contributed by atoms with van der Waals surface area (Å²) in [4.78, 5) is 11.4. The Morgan fingerprint density at radius 2 is 2.17 bits per heavy atom. The third kappa shape index (κ3) is 4.00. The van der Waals surface area contributed by atoms with E-state index in [2.05, 4.69) is 10.5 Å². The molecule has 1 aromatic carbocycles. The van der Waals surface area contributed by atoms with Crippen molar-refractivity contribution in [3.8, 4) is 0 Å². The molecule has 0 aliphatic heterocycles. The molecule has 4 N–H and O–H groups in total. The van der Waals surface area contributed by atoms with Crippen LogP contribution in [0.4, 0.5) is 8.78 Å². The first kappa shape index (κ1) is 13.9. The van der Waals surface area contributed by atoms with Gasteiger partial charge in [-0.3, -0.25) is 4.79 Å². The van der Waals surface area contributed by atoms with Gasteiger partial charge in [-0.05, 0) is 6.07 Å². The first-order valence-electron chi connectivity index (χ1n) is 5.20. The van der Waals surface area contributed by atoms with Gasteiger partial charge < -0.3 is 16.3 Å². The lowest BCUT2D eigenvalue weighted by Crippen LogP contribution is -2.29. The van der Waals surface area contributed by atoms with E-state index in [0.717, 1.165) is 6.07 Å². The fraction of sp³-hybridized carbons (Fsp3) is 0.273. The van der Waals surface area contributed by atoms with E-state index in [0.29, 0.717) is 0 Å². The van der Waals surface area contributed by atoms with Crippen LogP contribution in [0.2, 0.25) is 0 Å². The van der Waals surface area contributed by atoms with Crippen molar-refractivity contribution in [3.05, 3.63) is 35.4 Å². The highest BCUT2D eigenvalue weighted by Gasteiger charge is 2.11. The van der Waals surface area contributed by atoms with Gasteiger partial charge in [-0.2, -0.15) is 0 Å². The molecule has 0 saturated carbocycles. The second-order valence-corrected chi connectivity index (χ2v) is 3.58.